The minimum atomic E-state index is 0.841. The number of benzene rings is 1. The number of anilines is 1. The summed E-state index contributed by atoms with van der Waals surface area (Å²) in [6.45, 7) is 1.08. The molecule has 17 heavy (non-hydrogen) atoms. The summed E-state index contributed by atoms with van der Waals surface area (Å²) in [7, 11) is 1.70. The fourth-order valence-corrected chi connectivity index (χ4v) is 2.91. The smallest absolute Gasteiger partial charge is 0.122 e. The third-order valence-corrected chi connectivity index (χ3v) is 3.88. The van der Waals surface area contributed by atoms with Crippen LogP contribution in [0.2, 0.25) is 0 Å². The van der Waals surface area contributed by atoms with Gasteiger partial charge in [-0.15, -0.1) is 0 Å². The second-order valence-electron chi connectivity index (χ2n) is 4.76. The molecule has 0 aromatic heterocycles. The first-order valence-electron chi connectivity index (χ1n) is 6.36. The second-order valence-corrected chi connectivity index (χ2v) is 5.68. The highest BCUT2D eigenvalue weighted by atomic mass is 79.9. The number of nitrogens with one attached hydrogen (secondary N) is 1. The molecule has 0 heterocycles. The van der Waals surface area contributed by atoms with Crippen molar-refractivity contribution in [2.24, 2.45) is 5.92 Å². The van der Waals surface area contributed by atoms with Crippen LogP contribution in [0, 0.1) is 5.92 Å². The Bertz CT molecular complexity index is 361. The molecule has 1 fully saturated rings. The van der Waals surface area contributed by atoms with E-state index in [4.69, 9.17) is 4.74 Å². The van der Waals surface area contributed by atoms with Crippen molar-refractivity contribution in [3.8, 4) is 5.75 Å². The van der Waals surface area contributed by atoms with Gasteiger partial charge < -0.3 is 10.1 Å². The number of ether oxygens (including phenoxy) is 1. The van der Waals surface area contributed by atoms with Crippen molar-refractivity contribution in [2.75, 3.05) is 19.0 Å². The van der Waals surface area contributed by atoms with E-state index in [0.29, 0.717) is 0 Å². The highest BCUT2D eigenvalue weighted by molar-refractivity contribution is 9.10. The zero-order valence-electron chi connectivity index (χ0n) is 10.3. The number of rotatable bonds is 4. The van der Waals surface area contributed by atoms with Crippen molar-refractivity contribution in [3.05, 3.63) is 22.7 Å². The Balaban J connectivity index is 1.91. The van der Waals surface area contributed by atoms with Crippen LogP contribution in [0.15, 0.2) is 22.7 Å². The van der Waals surface area contributed by atoms with Crippen LogP contribution >= 0.6 is 15.9 Å². The lowest BCUT2D eigenvalue weighted by Gasteiger charge is -2.22. The Hall–Kier alpha value is -0.700. The average Bonchev–Trinajstić information content (AvgIpc) is 2.37. The summed E-state index contributed by atoms with van der Waals surface area (Å²) in [5, 5.41) is 3.52. The van der Waals surface area contributed by atoms with Gasteiger partial charge >= 0.3 is 0 Å². The number of hydrogen-bond acceptors (Lipinski definition) is 2. The molecule has 0 atom stereocenters. The summed E-state index contributed by atoms with van der Waals surface area (Å²) in [5.41, 5.74) is 1.14. The Morgan fingerprint density at radius 2 is 2.00 bits per heavy atom. The van der Waals surface area contributed by atoms with Crippen molar-refractivity contribution in [1.82, 2.24) is 0 Å². The molecule has 1 aromatic rings. The molecule has 1 aliphatic carbocycles. The predicted molar refractivity (Wildman–Crippen MR) is 75.8 cm³/mol. The van der Waals surface area contributed by atoms with Crippen LogP contribution in [0.25, 0.3) is 0 Å². The zero-order chi connectivity index (χ0) is 12.1. The molecule has 1 aliphatic rings. The van der Waals surface area contributed by atoms with Crippen molar-refractivity contribution < 1.29 is 4.74 Å². The van der Waals surface area contributed by atoms with Gasteiger partial charge in [0.15, 0.2) is 0 Å². The summed E-state index contributed by atoms with van der Waals surface area (Å²) in [6.07, 6.45) is 6.96. The molecule has 1 N–H and O–H groups in total. The number of methoxy groups -OCH3 is 1. The summed E-state index contributed by atoms with van der Waals surface area (Å²) in [5.74, 6) is 1.74. The molecule has 2 rings (SSSR count). The minimum Gasteiger partial charge on any atom is -0.497 e. The molecule has 0 spiro atoms. The van der Waals surface area contributed by atoms with Gasteiger partial charge in [-0.3, -0.25) is 0 Å². The van der Waals surface area contributed by atoms with E-state index in [1.54, 1.807) is 7.11 Å². The number of halogens is 1. The lowest BCUT2D eigenvalue weighted by atomic mass is 9.89. The summed E-state index contributed by atoms with van der Waals surface area (Å²) in [6, 6.07) is 6.13. The molecule has 1 saturated carbocycles. The van der Waals surface area contributed by atoms with Crippen molar-refractivity contribution >= 4 is 21.6 Å². The van der Waals surface area contributed by atoms with E-state index in [2.05, 4.69) is 27.3 Å². The van der Waals surface area contributed by atoms with E-state index in [0.717, 1.165) is 28.4 Å². The Morgan fingerprint density at radius 1 is 1.24 bits per heavy atom. The van der Waals surface area contributed by atoms with Crippen LogP contribution in [0.3, 0.4) is 0 Å². The maximum atomic E-state index is 5.26. The van der Waals surface area contributed by atoms with Crippen molar-refractivity contribution in [2.45, 2.75) is 32.1 Å². The minimum absolute atomic E-state index is 0.841. The van der Waals surface area contributed by atoms with Crippen molar-refractivity contribution in [1.29, 1.82) is 0 Å². The monoisotopic (exact) mass is 297 g/mol. The maximum Gasteiger partial charge on any atom is 0.122 e. The molecule has 0 saturated heterocycles. The zero-order valence-corrected chi connectivity index (χ0v) is 11.9. The summed E-state index contributed by atoms with van der Waals surface area (Å²) in [4.78, 5) is 0. The van der Waals surface area contributed by atoms with Gasteiger partial charge in [-0.1, -0.05) is 35.2 Å². The van der Waals surface area contributed by atoms with Gasteiger partial charge in [0.1, 0.15) is 5.75 Å². The van der Waals surface area contributed by atoms with E-state index in [1.165, 1.54) is 32.1 Å². The van der Waals surface area contributed by atoms with Gasteiger partial charge in [-0.25, -0.2) is 0 Å². The van der Waals surface area contributed by atoms with E-state index >= 15 is 0 Å². The first kappa shape index (κ1) is 12.7. The maximum absolute atomic E-state index is 5.26. The molecular weight excluding hydrogens is 278 g/mol. The average molecular weight is 298 g/mol. The standard InChI is InChI=1S/C14H20BrNO/c1-17-14-8-12(15)7-13(9-14)16-10-11-5-3-2-4-6-11/h7-9,11,16H,2-6,10H2,1H3. The topological polar surface area (TPSA) is 21.3 Å². The van der Waals surface area contributed by atoms with E-state index in [9.17, 15) is 0 Å². The highest BCUT2D eigenvalue weighted by Crippen LogP contribution is 2.27. The van der Waals surface area contributed by atoms with Crippen LogP contribution in [0.1, 0.15) is 32.1 Å². The summed E-state index contributed by atoms with van der Waals surface area (Å²) >= 11 is 3.50. The van der Waals surface area contributed by atoms with Gasteiger partial charge in [-0.05, 0) is 30.9 Å². The first-order chi connectivity index (χ1) is 8.28. The summed E-state index contributed by atoms with van der Waals surface area (Å²) < 4.78 is 6.32. The Kier molecular flexibility index (Phi) is 4.72. The Morgan fingerprint density at radius 3 is 2.71 bits per heavy atom. The van der Waals surface area contributed by atoms with Crippen molar-refractivity contribution in [3.63, 3.8) is 0 Å². The largest absolute Gasteiger partial charge is 0.497 e. The molecule has 2 nitrogen and oxygen atoms in total. The molecule has 94 valence electrons. The molecule has 3 heteroatoms. The van der Waals surface area contributed by atoms with Gasteiger partial charge in [0.2, 0.25) is 0 Å². The lowest BCUT2D eigenvalue weighted by Crippen LogP contribution is -2.17. The molecule has 0 radical (unpaired) electrons. The van der Waals surface area contributed by atoms with Gasteiger partial charge in [0.05, 0.1) is 7.11 Å². The SMILES string of the molecule is COc1cc(Br)cc(NCC2CCCCC2)c1. The van der Waals surface area contributed by atoms with Gasteiger partial charge in [-0.2, -0.15) is 0 Å². The third-order valence-electron chi connectivity index (χ3n) is 3.43. The number of hydrogen-bond donors (Lipinski definition) is 1. The molecule has 1 aromatic carbocycles. The van der Waals surface area contributed by atoms with Gasteiger partial charge in [0.25, 0.3) is 0 Å². The predicted octanol–water partition coefficient (Wildman–Crippen LogP) is 4.45. The quantitative estimate of drug-likeness (QED) is 0.886. The second kappa shape index (κ2) is 6.29. The lowest BCUT2D eigenvalue weighted by molar-refractivity contribution is 0.373. The molecule has 0 amide bonds. The fourth-order valence-electron chi connectivity index (χ4n) is 2.44. The van der Waals surface area contributed by atoms with E-state index in [-0.39, 0.29) is 0 Å². The molecule has 0 aliphatic heterocycles. The van der Waals surface area contributed by atoms with Crippen LogP contribution in [0.5, 0.6) is 5.75 Å². The molecule has 0 bridgehead atoms. The first-order valence-corrected chi connectivity index (χ1v) is 7.15. The highest BCUT2D eigenvalue weighted by Gasteiger charge is 2.13. The van der Waals surface area contributed by atoms with Crippen LogP contribution in [-0.4, -0.2) is 13.7 Å². The van der Waals surface area contributed by atoms with Crippen LogP contribution < -0.4 is 10.1 Å². The molecular formula is C14H20BrNO. The third kappa shape index (κ3) is 3.91. The van der Waals surface area contributed by atoms with Crippen LogP contribution in [0.4, 0.5) is 5.69 Å². The van der Waals surface area contributed by atoms with Gasteiger partial charge in [0, 0.05) is 22.8 Å². The van der Waals surface area contributed by atoms with E-state index < -0.39 is 0 Å². The van der Waals surface area contributed by atoms with E-state index in [1.807, 2.05) is 12.1 Å². The molecule has 0 unspecified atom stereocenters. The fraction of sp³-hybridized carbons (Fsp3) is 0.571. The normalized spacial score (nSPS) is 16.8. The van der Waals surface area contributed by atoms with Crippen LogP contribution in [-0.2, 0) is 0 Å². The Labute approximate surface area is 112 Å².